The van der Waals surface area contributed by atoms with E-state index >= 15 is 0 Å². The first-order valence-electron chi connectivity index (χ1n) is 3.45. The first kappa shape index (κ1) is 10.2. The Hall–Kier alpha value is -0.830. The third-order valence-electron chi connectivity index (χ3n) is 1.81. The summed E-state index contributed by atoms with van der Waals surface area (Å²) in [5, 5.41) is 17.2. The van der Waals surface area contributed by atoms with E-state index in [1.807, 2.05) is 0 Å². The highest BCUT2D eigenvalue weighted by Gasteiger charge is 2.25. The van der Waals surface area contributed by atoms with Crippen molar-refractivity contribution < 1.29 is 15.0 Å². The van der Waals surface area contributed by atoms with Crippen LogP contribution in [0, 0.1) is 5.41 Å². The van der Waals surface area contributed by atoms with Gasteiger partial charge in [0.15, 0.2) is 0 Å². The normalized spacial score (nSPS) is 11.2. The van der Waals surface area contributed by atoms with Crippen molar-refractivity contribution in [2.24, 2.45) is 5.41 Å². The van der Waals surface area contributed by atoms with Gasteiger partial charge in [-0.05, 0) is 11.8 Å². The van der Waals surface area contributed by atoms with Crippen molar-refractivity contribution in [1.82, 2.24) is 0 Å². The number of hydrogen-bond donors (Lipinski definition) is 2. The molecule has 0 aliphatic heterocycles. The lowest BCUT2D eigenvalue weighted by Gasteiger charge is -2.23. The van der Waals surface area contributed by atoms with Gasteiger partial charge in [-0.15, -0.1) is 0 Å². The molecule has 0 spiro atoms. The van der Waals surface area contributed by atoms with Crippen molar-refractivity contribution in [1.29, 1.82) is 0 Å². The Labute approximate surface area is 66.4 Å². The molecule has 0 amide bonds. The molecule has 0 bridgehead atoms. The molecule has 2 N–H and O–H groups in total. The van der Waals surface area contributed by atoms with Gasteiger partial charge < -0.3 is 10.2 Å². The lowest BCUT2D eigenvalue weighted by Crippen LogP contribution is -2.21. The minimum atomic E-state index is -0.997. The van der Waals surface area contributed by atoms with Crippen LogP contribution in [0.1, 0.15) is 20.3 Å². The summed E-state index contributed by atoms with van der Waals surface area (Å²) in [5.41, 5.74) is -0.368. The van der Waals surface area contributed by atoms with E-state index in [4.69, 9.17) is 10.2 Å². The molecule has 64 valence electrons. The van der Waals surface area contributed by atoms with Crippen LogP contribution in [0.15, 0.2) is 12.2 Å². The number of carboxylic acid groups (broad SMARTS) is 1. The van der Waals surface area contributed by atoms with Crippen molar-refractivity contribution in [3.05, 3.63) is 12.2 Å². The molecule has 0 aromatic heterocycles. The molecule has 0 saturated carbocycles. The van der Waals surface area contributed by atoms with Crippen molar-refractivity contribution in [2.75, 3.05) is 6.61 Å². The molecule has 0 saturated heterocycles. The smallest absolute Gasteiger partial charge is 0.331 e. The Bertz CT molecular complexity index is 170. The molecule has 0 aliphatic carbocycles. The van der Waals surface area contributed by atoms with Crippen LogP contribution in [0.4, 0.5) is 0 Å². The summed E-state index contributed by atoms with van der Waals surface area (Å²) in [5.74, 6) is -0.997. The molecule has 0 aromatic rings. The van der Waals surface area contributed by atoms with E-state index in [0.29, 0.717) is 6.42 Å². The maximum atomic E-state index is 10.4. The predicted octanol–water partition coefficient (Wildman–Crippen LogP) is 1.04. The zero-order valence-corrected chi connectivity index (χ0v) is 6.92. The third kappa shape index (κ3) is 2.72. The topological polar surface area (TPSA) is 57.5 Å². The number of carboxylic acids is 1. The largest absolute Gasteiger partial charge is 0.478 e. The van der Waals surface area contributed by atoms with Gasteiger partial charge in [0.25, 0.3) is 0 Å². The monoisotopic (exact) mass is 158 g/mol. The van der Waals surface area contributed by atoms with Crippen LogP contribution in [0.2, 0.25) is 0 Å². The summed E-state index contributed by atoms with van der Waals surface area (Å²) in [6.07, 6.45) is 0.429. The third-order valence-corrected chi connectivity index (χ3v) is 1.81. The van der Waals surface area contributed by atoms with E-state index in [0.717, 1.165) is 0 Å². The van der Waals surface area contributed by atoms with Crippen LogP contribution in [0.5, 0.6) is 0 Å². The molecule has 0 unspecified atom stereocenters. The van der Waals surface area contributed by atoms with Crippen molar-refractivity contribution in [2.45, 2.75) is 20.3 Å². The molecule has 0 heterocycles. The highest BCUT2D eigenvalue weighted by atomic mass is 16.4. The first-order valence-corrected chi connectivity index (χ1v) is 3.45. The van der Waals surface area contributed by atoms with E-state index in [1.54, 1.807) is 13.8 Å². The van der Waals surface area contributed by atoms with Gasteiger partial charge in [0.05, 0.1) is 0 Å². The van der Waals surface area contributed by atoms with Gasteiger partial charge in [0.2, 0.25) is 0 Å². The summed E-state index contributed by atoms with van der Waals surface area (Å²) >= 11 is 0. The summed E-state index contributed by atoms with van der Waals surface area (Å²) in [7, 11) is 0. The molecule has 0 aromatic carbocycles. The average molecular weight is 158 g/mol. The average Bonchev–Trinajstić information content (AvgIpc) is 1.86. The first-order chi connectivity index (χ1) is 4.91. The van der Waals surface area contributed by atoms with Gasteiger partial charge in [-0.1, -0.05) is 20.4 Å². The summed E-state index contributed by atoms with van der Waals surface area (Å²) in [6.45, 7) is 6.92. The molecule has 0 atom stereocenters. The predicted molar refractivity (Wildman–Crippen MR) is 42.3 cm³/mol. The van der Waals surface area contributed by atoms with Gasteiger partial charge in [-0.25, -0.2) is 4.79 Å². The molecular formula is C8H14O3. The molecule has 11 heavy (non-hydrogen) atoms. The van der Waals surface area contributed by atoms with Crippen LogP contribution < -0.4 is 0 Å². The van der Waals surface area contributed by atoms with Gasteiger partial charge in [0.1, 0.15) is 0 Å². The van der Waals surface area contributed by atoms with Crippen molar-refractivity contribution in [3.8, 4) is 0 Å². The molecule has 0 radical (unpaired) electrons. The number of aliphatic hydroxyl groups is 1. The number of rotatable bonds is 4. The summed E-state index contributed by atoms with van der Waals surface area (Å²) in [6, 6.07) is 0. The number of hydrogen-bond acceptors (Lipinski definition) is 2. The van der Waals surface area contributed by atoms with Gasteiger partial charge in [-0.3, -0.25) is 0 Å². The quantitative estimate of drug-likeness (QED) is 0.601. The molecule has 3 nitrogen and oxygen atoms in total. The van der Waals surface area contributed by atoms with E-state index in [2.05, 4.69) is 6.58 Å². The fourth-order valence-corrected chi connectivity index (χ4v) is 0.720. The lowest BCUT2D eigenvalue weighted by molar-refractivity contribution is -0.133. The Morgan fingerprint density at radius 3 is 2.27 bits per heavy atom. The fraction of sp³-hybridized carbons (Fsp3) is 0.625. The van der Waals surface area contributed by atoms with Crippen molar-refractivity contribution >= 4 is 5.97 Å². The fourth-order valence-electron chi connectivity index (χ4n) is 0.720. The van der Waals surface area contributed by atoms with E-state index < -0.39 is 11.4 Å². The van der Waals surface area contributed by atoms with Crippen LogP contribution in [-0.2, 0) is 4.79 Å². The Balaban J connectivity index is 4.29. The number of aliphatic carboxylic acids is 1. The molecular weight excluding hydrogens is 144 g/mol. The molecule has 0 rings (SSSR count). The van der Waals surface area contributed by atoms with Gasteiger partial charge >= 0.3 is 5.97 Å². The number of aliphatic hydroxyl groups excluding tert-OH is 1. The van der Waals surface area contributed by atoms with E-state index in [-0.39, 0.29) is 12.2 Å². The van der Waals surface area contributed by atoms with E-state index in [9.17, 15) is 4.79 Å². The Morgan fingerprint density at radius 1 is 1.55 bits per heavy atom. The maximum Gasteiger partial charge on any atom is 0.331 e. The van der Waals surface area contributed by atoms with Crippen LogP contribution in [-0.4, -0.2) is 22.8 Å². The number of carbonyl (C=O) groups is 1. The zero-order chi connectivity index (χ0) is 9.07. The van der Waals surface area contributed by atoms with Gasteiger partial charge in [0, 0.05) is 12.2 Å². The molecule has 0 aliphatic rings. The highest BCUT2D eigenvalue weighted by molar-refractivity contribution is 5.87. The maximum absolute atomic E-state index is 10.4. The second-order valence-corrected chi connectivity index (χ2v) is 3.14. The summed E-state index contributed by atoms with van der Waals surface area (Å²) in [4.78, 5) is 10.4. The minimum absolute atomic E-state index is 0.0146. The van der Waals surface area contributed by atoms with Crippen LogP contribution in [0.3, 0.4) is 0 Å². The summed E-state index contributed by atoms with van der Waals surface area (Å²) < 4.78 is 0. The lowest BCUT2D eigenvalue weighted by atomic mass is 9.82. The standard InChI is InChI=1S/C8H14O3/c1-6(7(10)11)8(2,3)4-5-9/h9H,1,4-5H2,2-3H3,(H,10,11). The second kappa shape index (κ2) is 3.53. The van der Waals surface area contributed by atoms with E-state index in [1.165, 1.54) is 0 Å². The second-order valence-electron chi connectivity index (χ2n) is 3.14. The minimum Gasteiger partial charge on any atom is -0.478 e. The van der Waals surface area contributed by atoms with Crippen molar-refractivity contribution in [3.63, 3.8) is 0 Å². The molecule has 3 heteroatoms. The van der Waals surface area contributed by atoms with Crippen LogP contribution in [0.25, 0.3) is 0 Å². The SMILES string of the molecule is C=C(C(=O)O)C(C)(C)CCO. The Kier molecular flexibility index (Phi) is 3.26. The zero-order valence-electron chi connectivity index (χ0n) is 6.92. The molecule has 0 fully saturated rings. The van der Waals surface area contributed by atoms with Crippen LogP contribution >= 0.6 is 0 Å². The Morgan fingerprint density at radius 2 is 2.00 bits per heavy atom. The van der Waals surface area contributed by atoms with Gasteiger partial charge in [-0.2, -0.15) is 0 Å². The highest BCUT2D eigenvalue weighted by Crippen LogP contribution is 2.28.